The molecule has 0 aliphatic heterocycles. The molecule has 1 heterocycles. The van der Waals surface area contributed by atoms with Crippen molar-refractivity contribution in [3.8, 4) is 5.75 Å². The lowest BCUT2D eigenvalue weighted by molar-refractivity contribution is -0.125. The largest absolute Gasteiger partial charge is 0.494 e. The standard InChI is InChI=1S/C23H26N2O3/c1-5-28-19-12-10-18(11-13-19)25(22(27)23(2,3)4)15-17-14-16-8-6-7-9-20(16)24-21(17)26/h6-14H,5,15H2,1-4H3,(H,24,26). The van der Waals surface area contributed by atoms with E-state index >= 15 is 0 Å². The van der Waals surface area contributed by atoms with Crippen molar-refractivity contribution in [2.75, 3.05) is 11.5 Å². The van der Waals surface area contributed by atoms with Crippen LogP contribution in [0.4, 0.5) is 5.69 Å². The molecular weight excluding hydrogens is 352 g/mol. The lowest BCUT2D eigenvalue weighted by atomic mass is 9.94. The molecular formula is C23H26N2O3. The highest BCUT2D eigenvalue weighted by molar-refractivity contribution is 5.97. The van der Waals surface area contributed by atoms with Gasteiger partial charge in [-0.1, -0.05) is 39.0 Å². The Balaban J connectivity index is 2.01. The molecule has 3 rings (SSSR count). The van der Waals surface area contributed by atoms with E-state index in [1.54, 1.807) is 4.90 Å². The molecule has 2 aromatic carbocycles. The monoisotopic (exact) mass is 378 g/mol. The quantitative estimate of drug-likeness (QED) is 0.711. The molecule has 28 heavy (non-hydrogen) atoms. The van der Waals surface area contributed by atoms with Crippen LogP contribution in [0, 0.1) is 5.41 Å². The van der Waals surface area contributed by atoms with Gasteiger partial charge < -0.3 is 14.6 Å². The SMILES string of the molecule is CCOc1ccc(N(Cc2cc3ccccc3[nH]c2=O)C(=O)C(C)(C)C)cc1. The average molecular weight is 378 g/mol. The number of ether oxygens (including phenoxy) is 1. The summed E-state index contributed by atoms with van der Waals surface area (Å²) >= 11 is 0. The van der Waals surface area contributed by atoms with Gasteiger partial charge >= 0.3 is 0 Å². The molecule has 5 heteroatoms. The topological polar surface area (TPSA) is 62.4 Å². The number of benzene rings is 2. The van der Waals surface area contributed by atoms with E-state index < -0.39 is 5.41 Å². The number of carbonyl (C=O) groups is 1. The highest BCUT2D eigenvalue weighted by atomic mass is 16.5. The number of hydrogen-bond acceptors (Lipinski definition) is 3. The van der Waals surface area contributed by atoms with E-state index in [0.717, 1.165) is 22.3 Å². The summed E-state index contributed by atoms with van der Waals surface area (Å²) in [6, 6.07) is 16.9. The summed E-state index contributed by atoms with van der Waals surface area (Å²) in [6.07, 6.45) is 0. The number of rotatable bonds is 5. The van der Waals surface area contributed by atoms with Crippen LogP contribution in [0.2, 0.25) is 0 Å². The van der Waals surface area contributed by atoms with Gasteiger partial charge in [0.25, 0.3) is 5.56 Å². The van der Waals surface area contributed by atoms with Gasteiger partial charge in [0.15, 0.2) is 0 Å². The number of H-pyrrole nitrogens is 1. The summed E-state index contributed by atoms with van der Waals surface area (Å²) in [5, 5.41) is 0.937. The van der Waals surface area contributed by atoms with Gasteiger partial charge in [-0.05, 0) is 48.7 Å². The van der Waals surface area contributed by atoms with E-state index in [0.29, 0.717) is 12.2 Å². The highest BCUT2D eigenvalue weighted by Crippen LogP contribution is 2.27. The van der Waals surface area contributed by atoms with Crippen molar-refractivity contribution in [1.29, 1.82) is 0 Å². The number of carbonyl (C=O) groups excluding carboxylic acids is 1. The number of anilines is 1. The first-order valence-electron chi connectivity index (χ1n) is 9.45. The predicted octanol–water partition coefficient (Wildman–Crippen LogP) is 4.51. The molecule has 0 saturated heterocycles. The third kappa shape index (κ3) is 4.25. The fraction of sp³-hybridized carbons (Fsp3) is 0.304. The number of nitrogens with zero attached hydrogens (tertiary/aromatic N) is 1. The first-order chi connectivity index (χ1) is 13.3. The molecule has 0 atom stereocenters. The second-order valence-electron chi connectivity index (χ2n) is 7.78. The number of fused-ring (bicyclic) bond motifs is 1. The molecule has 0 saturated carbocycles. The average Bonchev–Trinajstić information content (AvgIpc) is 2.66. The van der Waals surface area contributed by atoms with E-state index in [-0.39, 0.29) is 18.0 Å². The van der Waals surface area contributed by atoms with Gasteiger partial charge in [-0.15, -0.1) is 0 Å². The molecule has 3 aromatic rings. The molecule has 0 unspecified atom stereocenters. The van der Waals surface area contributed by atoms with Crippen LogP contribution in [0.15, 0.2) is 59.4 Å². The number of aromatic amines is 1. The van der Waals surface area contributed by atoms with E-state index in [1.807, 2.05) is 82.3 Å². The van der Waals surface area contributed by atoms with Crippen LogP contribution in [0.5, 0.6) is 5.75 Å². The van der Waals surface area contributed by atoms with Gasteiger partial charge in [-0.3, -0.25) is 9.59 Å². The second kappa shape index (κ2) is 7.89. The zero-order chi connectivity index (χ0) is 20.3. The fourth-order valence-corrected chi connectivity index (χ4v) is 3.05. The highest BCUT2D eigenvalue weighted by Gasteiger charge is 2.29. The molecule has 0 aliphatic rings. The Morgan fingerprint density at radius 2 is 1.75 bits per heavy atom. The Kier molecular flexibility index (Phi) is 5.54. The Morgan fingerprint density at radius 1 is 1.07 bits per heavy atom. The van der Waals surface area contributed by atoms with Crippen LogP contribution < -0.4 is 15.2 Å². The third-order valence-electron chi connectivity index (χ3n) is 4.50. The van der Waals surface area contributed by atoms with Gasteiger partial charge in [-0.25, -0.2) is 0 Å². The lowest BCUT2D eigenvalue weighted by Gasteiger charge is -2.29. The van der Waals surface area contributed by atoms with Gasteiger partial charge in [0.2, 0.25) is 5.91 Å². The zero-order valence-corrected chi connectivity index (χ0v) is 16.8. The van der Waals surface area contributed by atoms with Crippen LogP contribution in [-0.2, 0) is 11.3 Å². The molecule has 146 valence electrons. The molecule has 1 aromatic heterocycles. The summed E-state index contributed by atoms with van der Waals surface area (Å²) < 4.78 is 5.50. The predicted molar refractivity (Wildman–Crippen MR) is 113 cm³/mol. The molecule has 0 spiro atoms. The Morgan fingerprint density at radius 3 is 2.39 bits per heavy atom. The maximum atomic E-state index is 13.1. The van der Waals surface area contributed by atoms with Crippen molar-refractivity contribution in [3.63, 3.8) is 0 Å². The van der Waals surface area contributed by atoms with Crippen LogP contribution in [0.25, 0.3) is 10.9 Å². The number of aromatic nitrogens is 1. The van der Waals surface area contributed by atoms with Gasteiger partial charge in [0.05, 0.1) is 13.2 Å². The van der Waals surface area contributed by atoms with E-state index in [2.05, 4.69) is 4.98 Å². The van der Waals surface area contributed by atoms with Crippen molar-refractivity contribution in [2.24, 2.45) is 5.41 Å². The van der Waals surface area contributed by atoms with Crippen LogP contribution in [-0.4, -0.2) is 17.5 Å². The number of nitrogens with one attached hydrogen (secondary N) is 1. The molecule has 0 bridgehead atoms. The maximum absolute atomic E-state index is 13.1. The van der Waals surface area contributed by atoms with Crippen molar-refractivity contribution in [1.82, 2.24) is 4.98 Å². The van der Waals surface area contributed by atoms with Crippen LogP contribution in [0.1, 0.15) is 33.3 Å². The third-order valence-corrected chi connectivity index (χ3v) is 4.50. The van der Waals surface area contributed by atoms with Gasteiger partial charge in [0.1, 0.15) is 5.75 Å². The smallest absolute Gasteiger partial charge is 0.253 e. The second-order valence-corrected chi connectivity index (χ2v) is 7.78. The van der Waals surface area contributed by atoms with E-state index in [1.165, 1.54) is 0 Å². The fourth-order valence-electron chi connectivity index (χ4n) is 3.05. The van der Waals surface area contributed by atoms with Crippen molar-refractivity contribution >= 4 is 22.5 Å². The molecule has 1 N–H and O–H groups in total. The Hall–Kier alpha value is -3.08. The first-order valence-corrected chi connectivity index (χ1v) is 9.45. The molecule has 5 nitrogen and oxygen atoms in total. The van der Waals surface area contributed by atoms with Crippen molar-refractivity contribution in [3.05, 3.63) is 70.5 Å². The van der Waals surface area contributed by atoms with Crippen molar-refractivity contribution in [2.45, 2.75) is 34.2 Å². The minimum atomic E-state index is -0.581. The number of amides is 1. The summed E-state index contributed by atoms with van der Waals surface area (Å²) in [5.41, 5.74) is 1.30. The zero-order valence-electron chi connectivity index (χ0n) is 16.8. The molecule has 1 amide bonds. The van der Waals surface area contributed by atoms with Gasteiger partial charge in [0, 0.05) is 22.2 Å². The normalized spacial score (nSPS) is 11.4. The minimum absolute atomic E-state index is 0.0516. The summed E-state index contributed by atoms with van der Waals surface area (Å²) in [4.78, 5) is 30.3. The summed E-state index contributed by atoms with van der Waals surface area (Å²) in [5.74, 6) is 0.696. The summed E-state index contributed by atoms with van der Waals surface area (Å²) in [7, 11) is 0. The Labute approximate surface area is 165 Å². The summed E-state index contributed by atoms with van der Waals surface area (Å²) in [6.45, 7) is 8.33. The number of pyridine rings is 1. The molecule has 0 aliphatic carbocycles. The maximum Gasteiger partial charge on any atom is 0.253 e. The molecule has 0 radical (unpaired) electrons. The molecule has 0 fully saturated rings. The number of para-hydroxylation sites is 1. The van der Waals surface area contributed by atoms with Crippen LogP contribution in [0.3, 0.4) is 0 Å². The minimum Gasteiger partial charge on any atom is -0.494 e. The van der Waals surface area contributed by atoms with Gasteiger partial charge in [-0.2, -0.15) is 0 Å². The first kappa shape index (κ1) is 19.7. The lowest BCUT2D eigenvalue weighted by Crippen LogP contribution is -2.40. The number of hydrogen-bond donors (Lipinski definition) is 1. The van der Waals surface area contributed by atoms with Crippen LogP contribution >= 0.6 is 0 Å². The Bertz CT molecular complexity index is 1030. The van der Waals surface area contributed by atoms with Crippen molar-refractivity contribution < 1.29 is 9.53 Å². The van der Waals surface area contributed by atoms with E-state index in [4.69, 9.17) is 4.74 Å². The van der Waals surface area contributed by atoms with E-state index in [9.17, 15) is 9.59 Å².